The molecule has 108 valence electrons. The molecule has 1 unspecified atom stereocenters. The molecular weight excluding hydrogens is 270 g/mol. The van der Waals surface area contributed by atoms with Crippen LogP contribution in [-0.4, -0.2) is 15.9 Å². The average Bonchev–Trinajstić information content (AvgIpc) is 2.43. The molecule has 0 aliphatic heterocycles. The van der Waals surface area contributed by atoms with E-state index in [0.717, 1.165) is 28.9 Å². The van der Waals surface area contributed by atoms with Crippen molar-refractivity contribution in [3.8, 4) is 0 Å². The second-order valence-electron chi connectivity index (χ2n) is 4.38. The number of allylic oxidation sites excluding steroid dienone is 3. The Labute approximate surface area is 123 Å². The third kappa shape index (κ3) is 4.78. The molecule has 1 rings (SSSR count). The summed E-state index contributed by atoms with van der Waals surface area (Å²) in [5.74, 6) is -0.679. The van der Waals surface area contributed by atoms with Gasteiger partial charge in [-0.2, -0.15) is 0 Å². The van der Waals surface area contributed by atoms with Crippen molar-refractivity contribution >= 4 is 21.6 Å². The van der Waals surface area contributed by atoms with E-state index in [-0.39, 0.29) is 5.75 Å². The Kier molecular flexibility index (Phi) is 6.94. The number of carbonyl (C=O) groups excluding carboxylic acids is 1. The SMILES string of the molecule is CC=CC/C(CC)=C(\c1ccccc1)S(=O)CC(N)=O. The number of amides is 1. The standard InChI is InChI=1S/C16H21NO2S/c1-3-5-9-13(4-2)16(20(19)12-15(17)18)14-10-7-6-8-11-14/h3,5-8,10-11H,4,9,12H2,1-2H3,(H2,17,18)/b5-3?,16-13+. The summed E-state index contributed by atoms with van der Waals surface area (Å²) in [7, 11) is -1.40. The van der Waals surface area contributed by atoms with Gasteiger partial charge in [-0.3, -0.25) is 9.00 Å². The van der Waals surface area contributed by atoms with Crippen molar-refractivity contribution in [2.45, 2.75) is 26.7 Å². The Morgan fingerprint density at radius 3 is 2.45 bits per heavy atom. The molecule has 0 spiro atoms. The van der Waals surface area contributed by atoms with Crippen molar-refractivity contribution in [1.82, 2.24) is 0 Å². The summed E-state index contributed by atoms with van der Waals surface area (Å²) in [4.78, 5) is 11.8. The normalized spacial score (nSPS) is 14.1. The van der Waals surface area contributed by atoms with Gasteiger partial charge < -0.3 is 5.73 Å². The minimum absolute atomic E-state index is 0.135. The molecule has 0 aromatic heterocycles. The first kappa shape index (κ1) is 16.4. The van der Waals surface area contributed by atoms with Crippen LogP contribution in [0.4, 0.5) is 0 Å². The van der Waals surface area contributed by atoms with Gasteiger partial charge in [0.15, 0.2) is 0 Å². The number of rotatable bonds is 7. The fourth-order valence-electron chi connectivity index (χ4n) is 1.95. The van der Waals surface area contributed by atoms with E-state index in [0.29, 0.717) is 0 Å². The molecule has 0 saturated heterocycles. The second-order valence-corrected chi connectivity index (χ2v) is 5.77. The third-order valence-corrected chi connectivity index (χ3v) is 4.41. The summed E-state index contributed by atoms with van der Waals surface area (Å²) >= 11 is 0. The molecule has 0 radical (unpaired) electrons. The highest BCUT2D eigenvalue weighted by molar-refractivity contribution is 7.95. The molecular formula is C16H21NO2S. The van der Waals surface area contributed by atoms with E-state index in [9.17, 15) is 9.00 Å². The molecule has 0 heterocycles. The minimum atomic E-state index is -1.40. The van der Waals surface area contributed by atoms with Crippen LogP contribution in [0.2, 0.25) is 0 Å². The monoisotopic (exact) mass is 291 g/mol. The lowest BCUT2D eigenvalue weighted by Gasteiger charge is -2.13. The fraction of sp³-hybridized carbons (Fsp3) is 0.312. The van der Waals surface area contributed by atoms with Gasteiger partial charge >= 0.3 is 0 Å². The Morgan fingerprint density at radius 1 is 1.30 bits per heavy atom. The maximum atomic E-state index is 12.4. The van der Waals surface area contributed by atoms with Gasteiger partial charge in [0, 0.05) is 4.91 Å². The first-order valence-electron chi connectivity index (χ1n) is 6.65. The van der Waals surface area contributed by atoms with Crippen LogP contribution in [-0.2, 0) is 15.6 Å². The quantitative estimate of drug-likeness (QED) is 0.785. The van der Waals surface area contributed by atoms with Gasteiger partial charge in [0.2, 0.25) is 5.91 Å². The molecule has 0 fully saturated rings. The number of hydrogen-bond donors (Lipinski definition) is 1. The molecule has 20 heavy (non-hydrogen) atoms. The van der Waals surface area contributed by atoms with E-state index in [1.165, 1.54) is 0 Å². The van der Waals surface area contributed by atoms with E-state index in [4.69, 9.17) is 5.73 Å². The Hall–Kier alpha value is -1.68. The molecule has 1 aromatic carbocycles. The van der Waals surface area contributed by atoms with E-state index >= 15 is 0 Å². The van der Waals surface area contributed by atoms with Crippen LogP contribution in [0.5, 0.6) is 0 Å². The molecule has 3 nitrogen and oxygen atoms in total. The van der Waals surface area contributed by atoms with Crippen molar-refractivity contribution in [3.63, 3.8) is 0 Å². The smallest absolute Gasteiger partial charge is 0.230 e. The van der Waals surface area contributed by atoms with Gasteiger partial charge in [-0.05, 0) is 30.9 Å². The minimum Gasteiger partial charge on any atom is -0.369 e. The van der Waals surface area contributed by atoms with Crippen LogP contribution in [0.1, 0.15) is 32.3 Å². The summed E-state index contributed by atoms with van der Waals surface area (Å²) in [5.41, 5.74) is 7.16. The van der Waals surface area contributed by atoms with Crippen LogP contribution in [0.3, 0.4) is 0 Å². The summed E-state index contributed by atoms with van der Waals surface area (Å²) < 4.78 is 12.4. The Bertz CT molecular complexity index is 533. The van der Waals surface area contributed by atoms with Crippen molar-refractivity contribution in [2.75, 3.05) is 5.75 Å². The van der Waals surface area contributed by atoms with Gasteiger partial charge in [0.1, 0.15) is 5.75 Å². The number of carbonyl (C=O) groups is 1. The highest BCUT2D eigenvalue weighted by Crippen LogP contribution is 2.27. The summed E-state index contributed by atoms with van der Waals surface area (Å²) in [6.45, 7) is 3.99. The molecule has 0 bridgehead atoms. The molecule has 0 aliphatic rings. The highest BCUT2D eigenvalue weighted by Gasteiger charge is 2.16. The van der Waals surface area contributed by atoms with Crippen molar-refractivity contribution in [1.29, 1.82) is 0 Å². The fourth-order valence-corrected chi connectivity index (χ4v) is 3.30. The average molecular weight is 291 g/mol. The highest BCUT2D eigenvalue weighted by atomic mass is 32.2. The Balaban J connectivity index is 3.28. The number of benzene rings is 1. The summed E-state index contributed by atoms with van der Waals surface area (Å²) in [5, 5.41) is 0. The largest absolute Gasteiger partial charge is 0.369 e. The summed E-state index contributed by atoms with van der Waals surface area (Å²) in [6.07, 6.45) is 5.53. The molecule has 1 aromatic rings. The first-order chi connectivity index (χ1) is 9.60. The van der Waals surface area contributed by atoms with E-state index < -0.39 is 16.7 Å². The lowest BCUT2D eigenvalue weighted by Crippen LogP contribution is -2.20. The third-order valence-electron chi connectivity index (χ3n) is 2.88. The molecule has 2 N–H and O–H groups in total. The van der Waals surface area contributed by atoms with Crippen LogP contribution < -0.4 is 5.73 Å². The molecule has 1 atom stereocenters. The molecule has 4 heteroatoms. The van der Waals surface area contributed by atoms with Crippen molar-refractivity contribution in [2.24, 2.45) is 5.73 Å². The maximum Gasteiger partial charge on any atom is 0.230 e. The van der Waals surface area contributed by atoms with E-state index in [2.05, 4.69) is 0 Å². The van der Waals surface area contributed by atoms with Crippen LogP contribution in [0.15, 0.2) is 48.1 Å². The zero-order chi connectivity index (χ0) is 15.0. The molecule has 0 aliphatic carbocycles. The molecule has 1 amide bonds. The van der Waals surface area contributed by atoms with Gasteiger partial charge in [-0.1, -0.05) is 49.4 Å². The van der Waals surface area contributed by atoms with Crippen LogP contribution >= 0.6 is 0 Å². The second kappa shape index (κ2) is 8.48. The predicted octanol–water partition coefficient (Wildman–Crippen LogP) is 3.01. The van der Waals surface area contributed by atoms with Crippen molar-refractivity contribution in [3.05, 3.63) is 53.6 Å². The van der Waals surface area contributed by atoms with Gasteiger partial charge in [0.25, 0.3) is 0 Å². The van der Waals surface area contributed by atoms with Crippen LogP contribution in [0.25, 0.3) is 4.91 Å². The summed E-state index contributed by atoms with van der Waals surface area (Å²) in [6, 6.07) is 9.55. The zero-order valence-corrected chi connectivity index (χ0v) is 12.8. The van der Waals surface area contributed by atoms with Gasteiger partial charge in [0.05, 0.1) is 10.8 Å². The predicted molar refractivity (Wildman–Crippen MR) is 85.3 cm³/mol. The number of primary amides is 1. The maximum absolute atomic E-state index is 12.4. The Morgan fingerprint density at radius 2 is 1.95 bits per heavy atom. The number of nitrogens with two attached hydrogens (primary N) is 1. The van der Waals surface area contributed by atoms with Gasteiger partial charge in [-0.15, -0.1) is 0 Å². The topological polar surface area (TPSA) is 60.2 Å². The lowest BCUT2D eigenvalue weighted by atomic mass is 10.1. The number of hydrogen-bond acceptors (Lipinski definition) is 2. The van der Waals surface area contributed by atoms with E-state index in [1.807, 2.05) is 56.3 Å². The first-order valence-corrected chi connectivity index (χ1v) is 7.97. The van der Waals surface area contributed by atoms with Crippen molar-refractivity contribution < 1.29 is 9.00 Å². The molecule has 0 saturated carbocycles. The zero-order valence-electron chi connectivity index (χ0n) is 12.0. The van der Waals surface area contributed by atoms with Crippen LogP contribution in [0, 0.1) is 0 Å². The lowest BCUT2D eigenvalue weighted by molar-refractivity contribution is -0.115. The van der Waals surface area contributed by atoms with E-state index in [1.54, 1.807) is 0 Å². The van der Waals surface area contributed by atoms with Gasteiger partial charge in [-0.25, -0.2) is 0 Å².